The van der Waals surface area contributed by atoms with E-state index in [1.54, 1.807) is 12.1 Å². The summed E-state index contributed by atoms with van der Waals surface area (Å²) in [4.78, 5) is 0. The van der Waals surface area contributed by atoms with Crippen molar-refractivity contribution in [3.8, 4) is 5.75 Å². The molecule has 1 aromatic carbocycles. The number of halogens is 2. The van der Waals surface area contributed by atoms with Crippen LogP contribution in [0, 0.1) is 0 Å². The Bertz CT molecular complexity index is 415. The smallest absolute Gasteiger partial charge is 0.387 e. The first-order valence-electron chi connectivity index (χ1n) is 5.72. The molecule has 0 amide bonds. The zero-order chi connectivity index (χ0) is 13.0. The number of hydrogen-bond acceptors (Lipinski definition) is 3. The Balaban J connectivity index is 2.06. The van der Waals surface area contributed by atoms with Gasteiger partial charge < -0.3 is 14.6 Å². The van der Waals surface area contributed by atoms with Gasteiger partial charge in [0, 0.05) is 0 Å². The van der Waals surface area contributed by atoms with E-state index in [1.807, 2.05) is 6.08 Å². The molecule has 1 atom stereocenters. The van der Waals surface area contributed by atoms with Gasteiger partial charge in [0.2, 0.25) is 0 Å². The molecule has 0 saturated heterocycles. The van der Waals surface area contributed by atoms with E-state index < -0.39 is 12.7 Å². The van der Waals surface area contributed by atoms with Crippen LogP contribution in [0.3, 0.4) is 0 Å². The lowest BCUT2D eigenvalue weighted by molar-refractivity contribution is -0.0498. The quantitative estimate of drug-likeness (QED) is 0.900. The summed E-state index contributed by atoms with van der Waals surface area (Å²) in [5.74, 6) is 0.586. The number of rotatable bonds is 4. The Kier molecular flexibility index (Phi) is 4.15. The molecule has 3 nitrogen and oxygen atoms in total. The Morgan fingerprint density at radius 3 is 2.50 bits per heavy atom. The van der Waals surface area contributed by atoms with Gasteiger partial charge in [0.05, 0.1) is 6.61 Å². The Morgan fingerprint density at radius 2 is 1.94 bits per heavy atom. The molecular weight excluding hydrogens is 242 g/mol. The van der Waals surface area contributed by atoms with Crippen LogP contribution in [-0.2, 0) is 4.74 Å². The van der Waals surface area contributed by atoms with Gasteiger partial charge in [-0.05, 0) is 36.6 Å². The summed E-state index contributed by atoms with van der Waals surface area (Å²) in [5, 5.41) is 10.0. The van der Waals surface area contributed by atoms with Gasteiger partial charge in [-0.2, -0.15) is 8.78 Å². The molecule has 0 bridgehead atoms. The fourth-order valence-electron chi connectivity index (χ4n) is 1.76. The standard InChI is InChI=1S/C13H14F2O3/c14-13(15)18-10-6-4-9(5-7-10)12(16)11-3-1-2-8-17-11/h3-7,12-13,16H,1-2,8H2. The molecule has 1 heterocycles. The molecule has 1 N–H and O–H groups in total. The second-order valence-corrected chi connectivity index (χ2v) is 3.95. The number of alkyl halides is 2. The minimum Gasteiger partial charge on any atom is -0.495 e. The highest BCUT2D eigenvalue weighted by Crippen LogP contribution is 2.27. The highest BCUT2D eigenvalue weighted by Gasteiger charge is 2.17. The van der Waals surface area contributed by atoms with Crippen LogP contribution in [0.2, 0.25) is 0 Å². The van der Waals surface area contributed by atoms with Gasteiger partial charge in [0.25, 0.3) is 0 Å². The third-order valence-corrected chi connectivity index (χ3v) is 2.65. The van der Waals surface area contributed by atoms with Crippen LogP contribution in [0.1, 0.15) is 24.5 Å². The summed E-state index contributed by atoms with van der Waals surface area (Å²) >= 11 is 0. The van der Waals surface area contributed by atoms with Gasteiger partial charge >= 0.3 is 6.61 Å². The lowest BCUT2D eigenvalue weighted by atomic mass is 10.1. The topological polar surface area (TPSA) is 38.7 Å². The monoisotopic (exact) mass is 256 g/mol. The van der Waals surface area contributed by atoms with Crippen LogP contribution >= 0.6 is 0 Å². The van der Waals surface area contributed by atoms with Gasteiger partial charge in [-0.15, -0.1) is 0 Å². The van der Waals surface area contributed by atoms with Gasteiger partial charge in [0.15, 0.2) is 0 Å². The molecule has 0 fully saturated rings. The van der Waals surface area contributed by atoms with Crippen LogP contribution in [0.15, 0.2) is 36.1 Å². The molecular formula is C13H14F2O3. The molecule has 18 heavy (non-hydrogen) atoms. The van der Waals surface area contributed by atoms with E-state index >= 15 is 0 Å². The van der Waals surface area contributed by atoms with E-state index in [1.165, 1.54) is 12.1 Å². The minimum absolute atomic E-state index is 0.0690. The normalized spacial score (nSPS) is 17.0. The van der Waals surface area contributed by atoms with Crippen molar-refractivity contribution in [3.63, 3.8) is 0 Å². The van der Waals surface area contributed by atoms with Crippen molar-refractivity contribution < 1.29 is 23.4 Å². The van der Waals surface area contributed by atoms with Crippen molar-refractivity contribution in [2.24, 2.45) is 0 Å². The molecule has 0 radical (unpaired) electrons. The number of ether oxygens (including phenoxy) is 2. The summed E-state index contributed by atoms with van der Waals surface area (Å²) < 4.78 is 33.5. The van der Waals surface area contributed by atoms with Crippen LogP contribution < -0.4 is 4.74 Å². The predicted molar refractivity (Wildman–Crippen MR) is 61.3 cm³/mol. The summed E-state index contributed by atoms with van der Waals surface area (Å²) in [6.45, 7) is -2.25. The number of allylic oxidation sites excluding steroid dienone is 1. The van der Waals surface area contributed by atoms with Crippen molar-refractivity contribution in [2.75, 3.05) is 6.61 Å². The van der Waals surface area contributed by atoms with Gasteiger partial charge in [-0.3, -0.25) is 0 Å². The minimum atomic E-state index is -2.84. The first kappa shape index (κ1) is 12.8. The second-order valence-electron chi connectivity index (χ2n) is 3.95. The fraction of sp³-hybridized carbons (Fsp3) is 0.385. The lowest BCUT2D eigenvalue weighted by Gasteiger charge is -2.20. The maximum Gasteiger partial charge on any atom is 0.387 e. The summed E-state index contributed by atoms with van der Waals surface area (Å²) in [7, 11) is 0. The predicted octanol–water partition coefficient (Wildman–Crippen LogP) is 3.02. The maximum atomic E-state index is 12.0. The lowest BCUT2D eigenvalue weighted by Crippen LogP contribution is -2.10. The Morgan fingerprint density at radius 1 is 1.22 bits per heavy atom. The Labute approximate surface area is 104 Å². The third kappa shape index (κ3) is 3.20. The van der Waals surface area contributed by atoms with E-state index in [4.69, 9.17) is 4.74 Å². The van der Waals surface area contributed by atoms with E-state index in [0.29, 0.717) is 17.9 Å². The molecule has 1 aliphatic rings. The van der Waals surface area contributed by atoms with Crippen LogP contribution in [0.25, 0.3) is 0 Å². The highest BCUT2D eigenvalue weighted by atomic mass is 19.3. The van der Waals surface area contributed by atoms with Crippen molar-refractivity contribution in [1.82, 2.24) is 0 Å². The van der Waals surface area contributed by atoms with Crippen LogP contribution in [0.5, 0.6) is 5.75 Å². The van der Waals surface area contributed by atoms with Gasteiger partial charge in [0.1, 0.15) is 17.6 Å². The molecule has 0 aromatic heterocycles. The molecule has 0 spiro atoms. The zero-order valence-corrected chi connectivity index (χ0v) is 9.68. The highest BCUT2D eigenvalue weighted by molar-refractivity contribution is 5.31. The van der Waals surface area contributed by atoms with E-state index in [-0.39, 0.29) is 5.75 Å². The summed E-state index contributed by atoms with van der Waals surface area (Å²) in [5.41, 5.74) is 0.588. The second kappa shape index (κ2) is 5.82. The summed E-state index contributed by atoms with van der Waals surface area (Å²) in [6.07, 6.45) is 2.81. The van der Waals surface area contributed by atoms with Crippen molar-refractivity contribution in [2.45, 2.75) is 25.6 Å². The molecule has 1 aliphatic heterocycles. The largest absolute Gasteiger partial charge is 0.495 e. The molecule has 0 saturated carbocycles. The molecule has 98 valence electrons. The maximum absolute atomic E-state index is 12.0. The zero-order valence-electron chi connectivity index (χ0n) is 9.68. The Hall–Kier alpha value is -1.62. The van der Waals surface area contributed by atoms with E-state index in [9.17, 15) is 13.9 Å². The van der Waals surface area contributed by atoms with Crippen molar-refractivity contribution in [1.29, 1.82) is 0 Å². The first-order valence-corrected chi connectivity index (χ1v) is 5.72. The molecule has 0 aliphatic carbocycles. The number of aliphatic hydroxyl groups excluding tert-OH is 1. The average molecular weight is 256 g/mol. The van der Waals surface area contributed by atoms with E-state index in [2.05, 4.69) is 4.74 Å². The van der Waals surface area contributed by atoms with Gasteiger partial charge in [-0.1, -0.05) is 12.1 Å². The van der Waals surface area contributed by atoms with E-state index in [0.717, 1.165) is 12.8 Å². The van der Waals surface area contributed by atoms with Crippen molar-refractivity contribution >= 4 is 0 Å². The summed E-state index contributed by atoms with van der Waals surface area (Å²) in [6, 6.07) is 5.88. The van der Waals surface area contributed by atoms with Crippen LogP contribution in [-0.4, -0.2) is 18.3 Å². The molecule has 1 aromatic rings. The SMILES string of the molecule is OC(C1=CCCCO1)c1ccc(OC(F)F)cc1. The first-order chi connectivity index (χ1) is 8.66. The van der Waals surface area contributed by atoms with Crippen molar-refractivity contribution in [3.05, 3.63) is 41.7 Å². The number of hydrogen-bond donors (Lipinski definition) is 1. The average Bonchev–Trinajstić information content (AvgIpc) is 2.39. The van der Waals surface area contributed by atoms with Crippen LogP contribution in [0.4, 0.5) is 8.78 Å². The fourth-order valence-corrected chi connectivity index (χ4v) is 1.76. The van der Waals surface area contributed by atoms with Gasteiger partial charge in [-0.25, -0.2) is 0 Å². The number of benzene rings is 1. The molecule has 1 unspecified atom stereocenters. The number of aliphatic hydroxyl groups is 1. The third-order valence-electron chi connectivity index (χ3n) is 2.65. The molecule has 5 heteroatoms. The molecule has 2 rings (SSSR count).